The van der Waals surface area contributed by atoms with Crippen molar-refractivity contribution in [3.8, 4) is 0 Å². The predicted octanol–water partition coefficient (Wildman–Crippen LogP) is 2.84. The molecule has 1 N–H and O–H groups in total. The minimum absolute atomic E-state index is 0.0247. The molecular weight excluding hydrogens is 344 g/mol. The second kappa shape index (κ2) is 8.55. The highest BCUT2D eigenvalue weighted by Gasteiger charge is 2.42. The molecule has 2 aliphatic rings. The first-order chi connectivity index (χ1) is 13.0. The topological polar surface area (TPSA) is 75.7 Å². The Kier molecular flexibility index (Phi) is 6.14. The number of anilines is 1. The van der Waals surface area contributed by atoms with E-state index in [9.17, 15) is 14.4 Å². The van der Waals surface area contributed by atoms with Crippen LogP contribution in [-0.4, -0.2) is 41.9 Å². The van der Waals surface area contributed by atoms with Crippen LogP contribution in [0.15, 0.2) is 30.3 Å². The van der Waals surface area contributed by atoms with Gasteiger partial charge in [-0.1, -0.05) is 44.9 Å². The number of para-hydroxylation sites is 1. The molecule has 0 spiro atoms. The molecule has 1 saturated carbocycles. The summed E-state index contributed by atoms with van der Waals surface area (Å²) in [6.07, 6.45) is 3.49. The molecule has 1 saturated heterocycles. The molecule has 1 aromatic rings. The minimum Gasteiger partial charge on any atom is -0.455 e. The molecule has 0 unspecified atom stereocenters. The summed E-state index contributed by atoms with van der Waals surface area (Å²) in [4.78, 5) is 38.6. The number of carbonyl (C=O) groups excluding carboxylic acids is 3. The number of rotatable bonds is 5. The van der Waals surface area contributed by atoms with Crippen molar-refractivity contribution in [3.63, 3.8) is 0 Å². The van der Waals surface area contributed by atoms with Crippen molar-refractivity contribution in [3.05, 3.63) is 30.3 Å². The van der Waals surface area contributed by atoms with E-state index in [4.69, 9.17) is 4.74 Å². The molecule has 6 heteroatoms. The van der Waals surface area contributed by atoms with Gasteiger partial charge in [0.15, 0.2) is 6.61 Å². The van der Waals surface area contributed by atoms with Crippen molar-refractivity contribution in [2.24, 2.45) is 17.8 Å². The van der Waals surface area contributed by atoms with Crippen LogP contribution in [-0.2, 0) is 19.1 Å². The van der Waals surface area contributed by atoms with Crippen molar-refractivity contribution >= 4 is 23.5 Å². The van der Waals surface area contributed by atoms with Gasteiger partial charge in [0.2, 0.25) is 5.91 Å². The largest absolute Gasteiger partial charge is 0.455 e. The third-order valence-corrected chi connectivity index (χ3v) is 5.96. The fourth-order valence-electron chi connectivity index (χ4n) is 4.18. The Morgan fingerprint density at radius 3 is 2.67 bits per heavy atom. The average Bonchev–Trinajstić information content (AvgIpc) is 3.04. The summed E-state index contributed by atoms with van der Waals surface area (Å²) < 4.78 is 5.16. The van der Waals surface area contributed by atoms with E-state index in [0.717, 1.165) is 12.8 Å². The third-order valence-electron chi connectivity index (χ3n) is 5.96. The fraction of sp³-hybridized carbons (Fsp3) is 0.571. The lowest BCUT2D eigenvalue weighted by molar-refractivity contribution is -0.151. The predicted molar refractivity (Wildman–Crippen MR) is 102 cm³/mol. The van der Waals surface area contributed by atoms with Crippen molar-refractivity contribution in [1.82, 2.24) is 4.90 Å². The Bertz CT molecular complexity index is 691. The zero-order valence-corrected chi connectivity index (χ0v) is 16.0. The van der Waals surface area contributed by atoms with Gasteiger partial charge in [-0.15, -0.1) is 0 Å². The second-order valence-electron chi connectivity index (χ2n) is 7.80. The van der Waals surface area contributed by atoms with Gasteiger partial charge in [-0.25, -0.2) is 0 Å². The normalized spacial score (nSPS) is 28.1. The summed E-state index contributed by atoms with van der Waals surface area (Å²) in [6, 6.07) is 9.22. The van der Waals surface area contributed by atoms with Gasteiger partial charge < -0.3 is 15.0 Å². The lowest BCUT2D eigenvalue weighted by Crippen LogP contribution is -2.45. The number of benzene rings is 1. The first kappa shape index (κ1) is 19.4. The first-order valence-corrected chi connectivity index (χ1v) is 9.76. The zero-order valence-electron chi connectivity index (χ0n) is 16.0. The van der Waals surface area contributed by atoms with Crippen molar-refractivity contribution in [2.45, 2.75) is 45.6 Å². The zero-order chi connectivity index (χ0) is 19.4. The molecule has 1 aliphatic heterocycles. The highest BCUT2D eigenvalue weighted by atomic mass is 16.5. The maximum Gasteiger partial charge on any atom is 0.311 e. The van der Waals surface area contributed by atoms with E-state index >= 15 is 0 Å². The van der Waals surface area contributed by atoms with E-state index in [1.807, 2.05) is 23.1 Å². The smallest absolute Gasteiger partial charge is 0.311 e. The van der Waals surface area contributed by atoms with Crippen molar-refractivity contribution in [1.29, 1.82) is 0 Å². The Morgan fingerprint density at radius 1 is 1.19 bits per heavy atom. The van der Waals surface area contributed by atoms with Gasteiger partial charge in [0.1, 0.15) is 0 Å². The molecule has 1 heterocycles. The van der Waals surface area contributed by atoms with E-state index in [2.05, 4.69) is 19.2 Å². The van der Waals surface area contributed by atoms with E-state index in [1.54, 1.807) is 12.1 Å². The summed E-state index contributed by atoms with van der Waals surface area (Å²) in [5.74, 6) is -0.280. The highest BCUT2D eigenvalue weighted by molar-refractivity contribution is 5.93. The highest BCUT2D eigenvalue weighted by Crippen LogP contribution is 2.35. The standard InChI is InChI=1S/C21H28N2O4/c1-14-7-6-10-18(15(14)2)23-12-16(11-20(23)25)21(26)27-13-19(24)22-17-8-4-3-5-9-17/h3-5,8-9,14-16,18H,6-7,10-13H2,1-2H3,(H,22,24)/t14-,15+,16+,18-/m0/s1. The number of likely N-dealkylation sites (tertiary alicyclic amines) is 1. The lowest BCUT2D eigenvalue weighted by atomic mass is 9.77. The van der Waals surface area contributed by atoms with E-state index in [-0.39, 0.29) is 30.9 Å². The first-order valence-electron chi connectivity index (χ1n) is 9.76. The average molecular weight is 372 g/mol. The monoisotopic (exact) mass is 372 g/mol. The maximum atomic E-state index is 12.5. The molecule has 4 atom stereocenters. The Balaban J connectivity index is 1.49. The van der Waals surface area contributed by atoms with Gasteiger partial charge >= 0.3 is 5.97 Å². The number of hydrogen-bond acceptors (Lipinski definition) is 4. The summed E-state index contributed by atoms with van der Waals surface area (Å²) in [6.45, 7) is 4.49. The fourth-order valence-corrected chi connectivity index (χ4v) is 4.18. The molecule has 27 heavy (non-hydrogen) atoms. The number of amides is 2. The van der Waals surface area contributed by atoms with Gasteiger partial charge in [0.25, 0.3) is 5.91 Å². The van der Waals surface area contributed by atoms with Crippen LogP contribution >= 0.6 is 0 Å². The van der Waals surface area contributed by atoms with Crippen LogP contribution in [0.5, 0.6) is 0 Å². The van der Waals surface area contributed by atoms with E-state index in [0.29, 0.717) is 24.1 Å². The van der Waals surface area contributed by atoms with Gasteiger partial charge in [0.05, 0.1) is 5.92 Å². The molecule has 0 radical (unpaired) electrons. The van der Waals surface area contributed by atoms with Crippen molar-refractivity contribution in [2.75, 3.05) is 18.5 Å². The Labute approximate surface area is 160 Å². The molecular formula is C21H28N2O4. The van der Waals surface area contributed by atoms with Crippen molar-refractivity contribution < 1.29 is 19.1 Å². The summed E-state index contributed by atoms with van der Waals surface area (Å²) in [5.41, 5.74) is 0.654. The molecule has 2 amide bonds. The number of esters is 1. The van der Waals surface area contributed by atoms with Crippen LogP contribution in [0.3, 0.4) is 0 Å². The van der Waals surface area contributed by atoms with Crippen LogP contribution in [0.25, 0.3) is 0 Å². The maximum absolute atomic E-state index is 12.5. The van der Waals surface area contributed by atoms with Crippen LogP contribution < -0.4 is 5.32 Å². The quantitative estimate of drug-likeness (QED) is 0.807. The number of nitrogens with one attached hydrogen (secondary N) is 1. The lowest BCUT2D eigenvalue weighted by Gasteiger charge is -2.39. The number of hydrogen-bond donors (Lipinski definition) is 1. The van der Waals surface area contributed by atoms with E-state index in [1.165, 1.54) is 6.42 Å². The molecule has 0 aromatic heterocycles. The Hall–Kier alpha value is -2.37. The minimum atomic E-state index is -0.480. The number of carbonyl (C=O) groups is 3. The van der Waals surface area contributed by atoms with Crippen LogP contribution in [0.4, 0.5) is 5.69 Å². The van der Waals surface area contributed by atoms with E-state index < -0.39 is 11.9 Å². The molecule has 3 rings (SSSR count). The second-order valence-corrected chi connectivity index (χ2v) is 7.80. The van der Waals surface area contributed by atoms with Crippen LogP contribution in [0, 0.1) is 17.8 Å². The molecule has 2 fully saturated rings. The molecule has 146 valence electrons. The summed E-state index contributed by atoms with van der Waals surface area (Å²) in [7, 11) is 0. The van der Waals surface area contributed by atoms with Crippen LogP contribution in [0.2, 0.25) is 0 Å². The molecule has 6 nitrogen and oxygen atoms in total. The molecule has 0 bridgehead atoms. The van der Waals surface area contributed by atoms with Gasteiger partial charge in [-0.2, -0.15) is 0 Å². The summed E-state index contributed by atoms with van der Waals surface area (Å²) in [5, 5.41) is 2.67. The van der Waals surface area contributed by atoms with Gasteiger partial charge in [-0.3, -0.25) is 14.4 Å². The third kappa shape index (κ3) is 4.67. The SMILES string of the molecule is C[C@@H]1[C@@H](C)CCC[C@@H]1N1C[C@H](C(=O)OCC(=O)Nc2ccccc2)CC1=O. The Morgan fingerprint density at radius 2 is 1.93 bits per heavy atom. The number of nitrogens with zero attached hydrogens (tertiary/aromatic N) is 1. The van der Waals surface area contributed by atoms with Gasteiger partial charge in [0, 0.05) is 24.7 Å². The molecule has 1 aliphatic carbocycles. The number of ether oxygens (including phenoxy) is 1. The molecule has 1 aromatic carbocycles. The van der Waals surface area contributed by atoms with Crippen LogP contribution in [0.1, 0.15) is 39.5 Å². The van der Waals surface area contributed by atoms with Gasteiger partial charge in [-0.05, 0) is 30.4 Å². The summed E-state index contributed by atoms with van der Waals surface area (Å²) >= 11 is 0.